The summed E-state index contributed by atoms with van der Waals surface area (Å²) in [6, 6.07) is 8.83. The third-order valence-corrected chi connectivity index (χ3v) is 3.91. The van der Waals surface area contributed by atoms with Gasteiger partial charge in [0.1, 0.15) is 17.3 Å². The summed E-state index contributed by atoms with van der Waals surface area (Å²) in [4.78, 5) is 36.4. The Morgan fingerprint density at radius 2 is 2.07 bits per heavy atom. The first-order valence-corrected chi connectivity index (χ1v) is 8.28. The molecule has 1 aliphatic rings. The van der Waals surface area contributed by atoms with Crippen molar-refractivity contribution in [3.05, 3.63) is 54.1 Å². The van der Waals surface area contributed by atoms with Crippen molar-refractivity contribution in [1.82, 2.24) is 10.2 Å². The van der Waals surface area contributed by atoms with Crippen molar-refractivity contribution in [2.75, 3.05) is 13.1 Å². The summed E-state index contributed by atoms with van der Waals surface area (Å²) in [5.74, 6) is -1.13. The van der Waals surface area contributed by atoms with Crippen molar-refractivity contribution in [2.45, 2.75) is 13.0 Å². The third-order valence-electron chi connectivity index (χ3n) is 3.91. The van der Waals surface area contributed by atoms with Crippen LogP contribution in [0.4, 0.5) is 9.18 Å². The van der Waals surface area contributed by atoms with E-state index in [2.05, 4.69) is 5.32 Å². The number of benzene rings is 1. The summed E-state index contributed by atoms with van der Waals surface area (Å²) in [7, 11) is 0. The van der Waals surface area contributed by atoms with E-state index in [1.165, 1.54) is 19.1 Å². The number of imide groups is 1. The second-order valence-electron chi connectivity index (χ2n) is 5.82. The first-order valence-electron chi connectivity index (χ1n) is 8.28. The first kappa shape index (κ1) is 18.4. The van der Waals surface area contributed by atoms with Crippen LogP contribution in [0.1, 0.15) is 12.7 Å². The van der Waals surface area contributed by atoms with E-state index in [-0.39, 0.29) is 6.54 Å². The zero-order valence-electron chi connectivity index (χ0n) is 14.5. The molecule has 0 saturated carbocycles. The van der Waals surface area contributed by atoms with Crippen LogP contribution in [0.5, 0.6) is 0 Å². The fraction of sp³-hybridized carbons (Fsp3) is 0.211. The molecular formula is C19H17FN2O5. The minimum absolute atomic E-state index is 0.237. The van der Waals surface area contributed by atoms with Crippen molar-refractivity contribution in [3.8, 4) is 11.3 Å². The number of furan rings is 1. The van der Waals surface area contributed by atoms with Crippen molar-refractivity contribution < 1.29 is 27.9 Å². The zero-order chi connectivity index (χ0) is 19.4. The maximum absolute atomic E-state index is 13.8. The summed E-state index contributed by atoms with van der Waals surface area (Å²) in [5, 5.41) is 2.50. The van der Waals surface area contributed by atoms with E-state index >= 15 is 0 Å². The monoisotopic (exact) mass is 372 g/mol. The molecule has 0 radical (unpaired) electrons. The van der Waals surface area contributed by atoms with Gasteiger partial charge in [-0.15, -0.1) is 0 Å². The van der Waals surface area contributed by atoms with Gasteiger partial charge in [-0.2, -0.15) is 0 Å². The maximum Gasteiger partial charge on any atom is 0.331 e. The summed E-state index contributed by atoms with van der Waals surface area (Å²) in [6.07, 6.45) is 1.35. The lowest BCUT2D eigenvalue weighted by Gasteiger charge is -2.17. The number of nitrogens with zero attached hydrogens (tertiary/aromatic N) is 1. The Morgan fingerprint density at radius 3 is 2.78 bits per heavy atom. The van der Waals surface area contributed by atoms with Crippen LogP contribution in [0.3, 0.4) is 0 Å². The minimum atomic E-state index is -1.10. The lowest BCUT2D eigenvalue weighted by molar-refractivity contribution is -0.153. The number of carbonyl (C=O) groups is 3. The van der Waals surface area contributed by atoms with Gasteiger partial charge in [0, 0.05) is 19.2 Å². The molecule has 0 aliphatic carbocycles. The minimum Gasteiger partial charge on any atom is -0.457 e. The van der Waals surface area contributed by atoms with Crippen molar-refractivity contribution >= 4 is 24.0 Å². The van der Waals surface area contributed by atoms with Crippen molar-refractivity contribution in [3.63, 3.8) is 0 Å². The number of hydrogen-bond acceptors (Lipinski definition) is 5. The Balaban J connectivity index is 1.59. The number of esters is 1. The van der Waals surface area contributed by atoms with Crippen LogP contribution in [0, 0.1) is 5.82 Å². The molecule has 7 nitrogen and oxygen atoms in total. The van der Waals surface area contributed by atoms with Gasteiger partial charge in [0.05, 0.1) is 5.56 Å². The van der Waals surface area contributed by atoms with Crippen molar-refractivity contribution in [2.24, 2.45) is 0 Å². The van der Waals surface area contributed by atoms with Gasteiger partial charge in [0.2, 0.25) is 0 Å². The Bertz CT molecular complexity index is 905. The summed E-state index contributed by atoms with van der Waals surface area (Å²) in [6.45, 7) is 2.00. The molecule has 0 unspecified atom stereocenters. The molecule has 2 heterocycles. The molecule has 1 aromatic carbocycles. The zero-order valence-corrected chi connectivity index (χ0v) is 14.5. The highest BCUT2D eigenvalue weighted by Gasteiger charge is 2.31. The molecule has 3 amide bonds. The molecule has 1 fully saturated rings. The van der Waals surface area contributed by atoms with Crippen LogP contribution in [0.2, 0.25) is 0 Å². The fourth-order valence-corrected chi connectivity index (χ4v) is 2.56. The van der Waals surface area contributed by atoms with E-state index in [0.717, 1.165) is 11.0 Å². The average molecular weight is 372 g/mol. The van der Waals surface area contributed by atoms with Crippen LogP contribution in [-0.4, -0.2) is 42.0 Å². The smallest absolute Gasteiger partial charge is 0.331 e. The van der Waals surface area contributed by atoms with E-state index in [1.54, 1.807) is 30.3 Å². The molecule has 1 N–H and O–H groups in total. The molecule has 1 aromatic heterocycles. The van der Waals surface area contributed by atoms with E-state index in [0.29, 0.717) is 23.6 Å². The standard InChI is InChI=1S/C19H17FN2O5/c1-12(18(24)22-11-10-21-19(22)25)26-17(23)9-7-13-6-8-16(27-13)14-4-2-3-5-15(14)20/h2-9,12H,10-11H2,1H3,(H,21,25)/b9-7+/t12-/m1/s1. The number of carbonyl (C=O) groups excluding carboxylic acids is 3. The van der Waals surface area contributed by atoms with Crippen LogP contribution < -0.4 is 5.32 Å². The number of nitrogens with one attached hydrogen (secondary N) is 1. The highest BCUT2D eigenvalue weighted by Crippen LogP contribution is 2.25. The normalized spacial score (nSPS) is 15.0. The van der Waals surface area contributed by atoms with Gasteiger partial charge in [0.25, 0.3) is 5.91 Å². The topological polar surface area (TPSA) is 88.8 Å². The second-order valence-corrected chi connectivity index (χ2v) is 5.82. The molecule has 8 heteroatoms. The summed E-state index contributed by atoms with van der Waals surface area (Å²) < 4.78 is 24.2. The predicted molar refractivity (Wildman–Crippen MR) is 93.8 cm³/mol. The van der Waals surface area contributed by atoms with E-state index < -0.39 is 29.8 Å². The summed E-state index contributed by atoms with van der Waals surface area (Å²) in [5.41, 5.74) is 0.308. The first-order chi connectivity index (χ1) is 13.0. The second kappa shape index (κ2) is 7.86. The molecule has 140 valence electrons. The number of hydrogen-bond donors (Lipinski definition) is 1. The van der Waals surface area contributed by atoms with Gasteiger partial charge in [-0.05, 0) is 37.3 Å². The van der Waals surface area contributed by atoms with Gasteiger partial charge in [-0.25, -0.2) is 14.0 Å². The quantitative estimate of drug-likeness (QED) is 0.644. The largest absolute Gasteiger partial charge is 0.457 e. The third kappa shape index (κ3) is 4.22. The van der Waals surface area contributed by atoms with E-state index in [4.69, 9.17) is 9.15 Å². The molecule has 1 aliphatic heterocycles. The molecular weight excluding hydrogens is 355 g/mol. The lowest BCUT2D eigenvalue weighted by Crippen LogP contribution is -2.41. The Labute approximate surface area is 154 Å². The van der Waals surface area contributed by atoms with Gasteiger partial charge in [0.15, 0.2) is 6.10 Å². The van der Waals surface area contributed by atoms with Crippen LogP contribution in [0.25, 0.3) is 17.4 Å². The van der Waals surface area contributed by atoms with Gasteiger partial charge in [-0.1, -0.05) is 12.1 Å². The molecule has 3 rings (SSSR count). The molecule has 2 aromatic rings. The van der Waals surface area contributed by atoms with E-state index in [1.807, 2.05) is 0 Å². The number of rotatable bonds is 5. The number of urea groups is 1. The lowest BCUT2D eigenvalue weighted by atomic mass is 10.1. The van der Waals surface area contributed by atoms with Gasteiger partial charge < -0.3 is 14.5 Å². The summed E-state index contributed by atoms with van der Waals surface area (Å²) >= 11 is 0. The number of halogens is 1. The Kier molecular flexibility index (Phi) is 5.35. The van der Waals surface area contributed by atoms with Gasteiger partial charge >= 0.3 is 12.0 Å². The fourth-order valence-electron chi connectivity index (χ4n) is 2.56. The molecule has 0 spiro atoms. The molecule has 1 atom stereocenters. The predicted octanol–water partition coefficient (Wildman–Crippen LogP) is 2.58. The van der Waals surface area contributed by atoms with Crippen LogP contribution in [-0.2, 0) is 14.3 Å². The molecule has 0 bridgehead atoms. The number of amides is 3. The van der Waals surface area contributed by atoms with Crippen molar-refractivity contribution in [1.29, 1.82) is 0 Å². The highest BCUT2D eigenvalue weighted by atomic mass is 19.1. The molecule has 27 heavy (non-hydrogen) atoms. The highest BCUT2D eigenvalue weighted by molar-refractivity contribution is 5.99. The Hall–Kier alpha value is -3.42. The SMILES string of the molecule is C[C@@H](OC(=O)/C=C/c1ccc(-c2ccccc2F)o1)C(=O)N1CCNC1=O. The van der Waals surface area contributed by atoms with Crippen LogP contribution in [0.15, 0.2) is 46.9 Å². The van der Waals surface area contributed by atoms with Crippen LogP contribution >= 0.6 is 0 Å². The van der Waals surface area contributed by atoms with Gasteiger partial charge in [-0.3, -0.25) is 9.69 Å². The number of ether oxygens (including phenoxy) is 1. The maximum atomic E-state index is 13.8. The average Bonchev–Trinajstić information content (AvgIpc) is 3.28. The van der Waals surface area contributed by atoms with E-state index in [9.17, 15) is 18.8 Å². The molecule has 1 saturated heterocycles. The Morgan fingerprint density at radius 1 is 1.30 bits per heavy atom.